The van der Waals surface area contributed by atoms with Gasteiger partial charge in [0.1, 0.15) is 0 Å². The Hall–Kier alpha value is -0.120. The van der Waals surface area contributed by atoms with Crippen molar-refractivity contribution < 1.29 is 0 Å². The summed E-state index contributed by atoms with van der Waals surface area (Å²) < 4.78 is 0. The highest BCUT2D eigenvalue weighted by Crippen LogP contribution is 2.25. The molecule has 0 spiro atoms. The molecule has 0 aromatic heterocycles. The highest BCUT2D eigenvalue weighted by Gasteiger charge is 2.36. The lowest BCUT2D eigenvalue weighted by Gasteiger charge is -2.32. The summed E-state index contributed by atoms with van der Waals surface area (Å²) in [5.41, 5.74) is 0. The van der Waals surface area contributed by atoms with E-state index in [1.165, 1.54) is 32.5 Å². The molecule has 1 N–H and O–H groups in total. The largest absolute Gasteiger partial charge is 0.312 e. The Morgan fingerprint density at radius 3 is 2.33 bits per heavy atom. The molecule has 2 fully saturated rings. The fourth-order valence-electron chi connectivity index (χ4n) is 3.29. The Kier molecular flexibility index (Phi) is 4.68. The maximum atomic E-state index is 3.72. The molecule has 0 aromatic rings. The highest BCUT2D eigenvalue weighted by atomic mass is 15.3. The third-order valence-corrected chi connectivity index (χ3v) is 4.70. The number of hydrogen-bond acceptors (Lipinski definition) is 3. The molecule has 3 nitrogen and oxygen atoms in total. The number of nitrogens with one attached hydrogen (secondary N) is 1. The zero-order valence-electron chi connectivity index (χ0n) is 12.8. The maximum Gasteiger partial charge on any atom is 0.0254 e. The average Bonchev–Trinajstić information content (AvgIpc) is 3.01. The Balaban J connectivity index is 1.89. The first kappa shape index (κ1) is 14.3. The second-order valence-electron chi connectivity index (χ2n) is 6.96. The van der Waals surface area contributed by atoms with E-state index in [-0.39, 0.29) is 0 Å². The molecule has 1 saturated heterocycles. The van der Waals surface area contributed by atoms with Gasteiger partial charge in [0.2, 0.25) is 0 Å². The molecule has 3 atom stereocenters. The molecule has 18 heavy (non-hydrogen) atoms. The molecule has 1 heterocycles. The molecule has 0 radical (unpaired) electrons. The Morgan fingerprint density at radius 2 is 1.89 bits per heavy atom. The van der Waals surface area contributed by atoms with Crippen molar-refractivity contribution in [3.63, 3.8) is 0 Å². The molecule has 1 aliphatic heterocycles. The lowest BCUT2D eigenvalue weighted by Crippen LogP contribution is -2.46. The van der Waals surface area contributed by atoms with Crippen LogP contribution in [0.1, 0.15) is 33.6 Å². The normalized spacial score (nSPS) is 31.5. The fourth-order valence-corrected chi connectivity index (χ4v) is 3.29. The summed E-state index contributed by atoms with van der Waals surface area (Å²) in [5, 5.41) is 3.72. The molecule has 2 aliphatic rings. The first-order valence-corrected chi connectivity index (χ1v) is 7.63. The van der Waals surface area contributed by atoms with Crippen molar-refractivity contribution in [2.75, 3.05) is 33.7 Å². The van der Waals surface area contributed by atoms with Crippen molar-refractivity contribution >= 4 is 0 Å². The van der Waals surface area contributed by atoms with Crippen molar-refractivity contribution in [2.24, 2.45) is 11.8 Å². The number of likely N-dealkylation sites (tertiary alicyclic amines) is 1. The van der Waals surface area contributed by atoms with Crippen LogP contribution in [0.2, 0.25) is 0 Å². The number of hydrogen-bond donors (Lipinski definition) is 1. The van der Waals surface area contributed by atoms with Crippen LogP contribution in [0, 0.1) is 11.8 Å². The SMILES string of the molecule is CC(C)C(CNC1CC1)N1CC(C)C(N(C)C)C1. The molecule has 0 aromatic carbocycles. The van der Waals surface area contributed by atoms with Gasteiger partial charge < -0.3 is 10.2 Å². The molecule has 1 aliphatic carbocycles. The second kappa shape index (κ2) is 5.89. The summed E-state index contributed by atoms with van der Waals surface area (Å²) in [6, 6.07) is 2.26. The lowest BCUT2D eigenvalue weighted by atomic mass is 10.0. The number of rotatable bonds is 6. The Bertz CT molecular complexity index is 260. The molecule has 106 valence electrons. The fraction of sp³-hybridized carbons (Fsp3) is 1.00. The molecular formula is C15H31N3. The van der Waals surface area contributed by atoms with Gasteiger partial charge in [0.05, 0.1) is 0 Å². The first-order chi connectivity index (χ1) is 8.49. The van der Waals surface area contributed by atoms with E-state index in [0.29, 0.717) is 6.04 Å². The number of nitrogens with zero attached hydrogens (tertiary/aromatic N) is 2. The molecule has 1 saturated carbocycles. The van der Waals surface area contributed by atoms with Crippen molar-refractivity contribution in [1.29, 1.82) is 0 Å². The minimum absolute atomic E-state index is 0.706. The lowest BCUT2D eigenvalue weighted by molar-refractivity contribution is 0.171. The monoisotopic (exact) mass is 253 g/mol. The van der Waals surface area contributed by atoms with Crippen LogP contribution in [0.25, 0.3) is 0 Å². The van der Waals surface area contributed by atoms with E-state index in [0.717, 1.165) is 23.9 Å². The summed E-state index contributed by atoms with van der Waals surface area (Å²) in [4.78, 5) is 5.12. The summed E-state index contributed by atoms with van der Waals surface area (Å²) in [6.07, 6.45) is 2.78. The Labute approximate surface area is 113 Å². The topological polar surface area (TPSA) is 18.5 Å². The predicted octanol–water partition coefficient (Wildman–Crippen LogP) is 1.64. The standard InChI is InChI=1S/C15H31N3/c1-11(2)14(8-16-13-6-7-13)18-9-12(3)15(10-18)17(4)5/h11-16H,6-10H2,1-5H3. The van der Waals surface area contributed by atoms with Crippen LogP contribution in [0.3, 0.4) is 0 Å². The number of likely N-dealkylation sites (N-methyl/N-ethyl adjacent to an activating group) is 1. The van der Waals surface area contributed by atoms with E-state index in [4.69, 9.17) is 0 Å². The van der Waals surface area contributed by atoms with Crippen molar-refractivity contribution in [3.05, 3.63) is 0 Å². The van der Waals surface area contributed by atoms with Gasteiger partial charge in [-0.05, 0) is 38.8 Å². The van der Waals surface area contributed by atoms with Gasteiger partial charge in [0, 0.05) is 37.8 Å². The molecule has 3 heteroatoms. The van der Waals surface area contributed by atoms with Crippen LogP contribution in [-0.4, -0.2) is 61.7 Å². The van der Waals surface area contributed by atoms with Crippen LogP contribution in [0.5, 0.6) is 0 Å². The molecule has 0 bridgehead atoms. The minimum atomic E-state index is 0.706. The van der Waals surface area contributed by atoms with E-state index in [2.05, 4.69) is 50.0 Å². The minimum Gasteiger partial charge on any atom is -0.312 e. The van der Waals surface area contributed by atoms with Crippen LogP contribution in [-0.2, 0) is 0 Å². The molecule has 0 amide bonds. The van der Waals surface area contributed by atoms with E-state index >= 15 is 0 Å². The summed E-state index contributed by atoms with van der Waals surface area (Å²) >= 11 is 0. The van der Waals surface area contributed by atoms with Gasteiger partial charge in [0.15, 0.2) is 0 Å². The molecule has 2 rings (SSSR count). The third kappa shape index (κ3) is 3.46. The molecular weight excluding hydrogens is 222 g/mol. The van der Waals surface area contributed by atoms with Crippen molar-refractivity contribution in [2.45, 2.75) is 51.7 Å². The van der Waals surface area contributed by atoms with Gasteiger partial charge in [-0.25, -0.2) is 0 Å². The summed E-state index contributed by atoms with van der Waals surface area (Å²) in [6.45, 7) is 10.8. The predicted molar refractivity (Wildman–Crippen MR) is 77.9 cm³/mol. The Morgan fingerprint density at radius 1 is 1.22 bits per heavy atom. The van der Waals surface area contributed by atoms with Crippen LogP contribution < -0.4 is 5.32 Å². The van der Waals surface area contributed by atoms with E-state index < -0.39 is 0 Å². The van der Waals surface area contributed by atoms with E-state index in [1.54, 1.807) is 0 Å². The zero-order chi connectivity index (χ0) is 13.3. The summed E-state index contributed by atoms with van der Waals surface area (Å²) in [7, 11) is 4.44. The molecule has 3 unspecified atom stereocenters. The van der Waals surface area contributed by atoms with E-state index in [9.17, 15) is 0 Å². The van der Waals surface area contributed by atoms with Crippen LogP contribution in [0.15, 0.2) is 0 Å². The van der Waals surface area contributed by atoms with Crippen molar-refractivity contribution in [3.8, 4) is 0 Å². The smallest absolute Gasteiger partial charge is 0.0254 e. The van der Waals surface area contributed by atoms with Gasteiger partial charge in [-0.1, -0.05) is 20.8 Å². The average molecular weight is 253 g/mol. The van der Waals surface area contributed by atoms with Crippen LogP contribution >= 0.6 is 0 Å². The van der Waals surface area contributed by atoms with Crippen molar-refractivity contribution in [1.82, 2.24) is 15.1 Å². The van der Waals surface area contributed by atoms with Gasteiger partial charge in [-0.3, -0.25) is 4.90 Å². The quantitative estimate of drug-likeness (QED) is 0.776. The van der Waals surface area contributed by atoms with Gasteiger partial charge in [0.25, 0.3) is 0 Å². The van der Waals surface area contributed by atoms with Gasteiger partial charge >= 0.3 is 0 Å². The van der Waals surface area contributed by atoms with Gasteiger partial charge in [-0.15, -0.1) is 0 Å². The third-order valence-electron chi connectivity index (χ3n) is 4.70. The van der Waals surface area contributed by atoms with Crippen LogP contribution in [0.4, 0.5) is 0 Å². The first-order valence-electron chi connectivity index (χ1n) is 7.63. The highest BCUT2D eigenvalue weighted by molar-refractivity contribution is 4.93. The summed E-state index contributed by atoms with van der Waals surface area (Å²) in [5.74, 6) is 1.53. The van der Waals surface area contributed by atoms with Gasteiger partial charge in [-0.2, -0.15) is 0 Å². The maximum absolute atomic E-state index is 3.72. The zero-order valence-corrected chi connectivity index (χ0v) is 12.8. The van der Waals surface area contributed by atoms with E-state index in [1.807, 2.05) is 0 Å². The second-order valence-corrected chi connectivity index (χ2v) is 6.96.